The SMILES string of the molecule is CCOc1cccc(NC(CC)(CO)CO)n1. The van der Waals surface area contributed by atoms with Crippen molar-refractivity contribution in [3.05, 3.63) is 18.2 Å². The Labute approximate surface area is 101 Å². The summed E-state index contributed by atoms with van der Waals surface area (Å²) in [5, 5.41) is 21.7. The predicted octanol–water partition coefficient (Wildman–Crippen LogP) is 1.03. The molecule has 0 fully saturated rings. The Kier molecular flexibility index (Phi) is 5.18. The summed E-state index contributed by atoms with van der Waals surface area (Å²) in [5.41, 5.74) is -0.738. The number of hydrogen-bond donors (Lipinski definition) is 3. The highest BCUT2D eigenvalue weighted by Gasteiger charge is 2.26. The van der Waals surface area contributed by atoms with Gasteiger partial charge in [-0.05, 0) is 19.4 Å². The number of aliphatic hydroxyl groups is 2. The van der Waals surface area contributed by atoms with Gasteiger partial charge < -0.3 is 20.3 Å². The van der Waals surface area contributed by atoms with E-state index in [1.165, 1.54) is 0 Å². The van der Waals surface area contributed by atoms with E-state index in [4.69, 9.17) is 4.74 Å². The van der Waals surface area contributed by atoms with Crippen LogP contribution < -0.4 is 10.1 Å². The molecule has 1 aromatic rings. The van der Waals surface area contributed by atoms with Crippen molar-refractivity contribution in [2.75, 3.05) is 25.1 Å². The van der Waals surface area contributed by atoms with Crippen molar-refractivity contribution in [3.63, 3.8) is 0 Å². The lowest BCUT2D eigenvalue weighted by atomic mass is 9.98. The number of nitrogens with zero attached hydrogens (tertiary/aromatic N) is 1. The Balaban J connectivity index is 2.82. The molecular formula is C12H20N2O3. The largest absolute Gasteiger partial charge is 0.478 e. The zero-order chi connectivity index (χ0) is 12.7. The number of anilines is 1. The second-order valence-electron chi connectivity index (χ2n) is 3.87. The zero-order valence-corrected chi connectivity index (χ0v) is 10.3. The number of pyridine rings is 1. The van der Waals surface area contributed by atoms with E-state index in [1.54, 1.807) is 12.1 Å². The molecule has 1 heterocycles. The molecule has 0 aromatic carbocycles. The zero-order valence-electron chi connectivity index (χ0n) is 10.3. The normalized spacial score (nSPS) is 11.3. The summed E-state index contributed by atoms with van der Waals surface area (Å²) >= 11 is 0. The molecule has 5 heteroatoms. The van der Waals surface area contributed by atoms with Gasteiger partial charge in [-0.3, -0.25) is 0 Å². The van der Waals surface area contributed by atoms with Gasteiger partial charge in [0.2, 0.25) is 5.88 Å². The Morgan fingerprint density at radius 2 is 2.00 bits per heavy atom. The monoisotopic (exact) mass is 240 g/mol. The van der Waals surface area contributed by atoms with Crippen molar-refractivity contribution < 1.29 is 14.9 Å². The molecule has 96 valence electrons. The molecule has 3 N–H and O–H groups in total. The molecule has 0 aliphatic carbocycles. The van der Waals surface area contributed by atoms with Crippen LogP contribution in [-0.2, 0) is 0 Å². The van der Waals surface area contributed by atoms with Gasteiger partial charge >= 0.3 is 0 Å². The van der Waals surface area contributed by atoms with E-state index >= 15 is 0 Å². The third kappa shape index (κ3) is 3.57. The van der Waals surface area contributed by atoms with Gasteiger partial charge in [0, 0.05) is 6.07 Å². The van der Waals surface area contributed by atoms with Crippen LogP contribution in [-0.4, -0.2) is 40.6 Å². The number of aromatic nitrogens is 1. The molecule has 0 aliphatic rings. The molecule has 0 spiro atoms. The highest BCUT2D eigenvalue weighted by Crippen LogP contribution is 2.18. The van der Waals surface area contributed by atoms with Crippen LogP contribution in [0.4, 0.5) is 5.82 Å². The van der Waals surface area contributed by atoms with E-state index in [1.807, 2.05) is 19.9 Å². The molecule has 0 saturated heterocycles. The Morgan fingerprint density at radius 1 is 1.29 bits per heavy atom. The Bertz CT molecular complexity index is 332. The number of aliphatic hydroxyl groups excluding tert-OH is 2. The van der Waals surface area contributed by atoms with Crippen molar-refractivity contribution in [1.29, 1.82) is 0 Å². The van der Waals surface area contributed by atoms with Gasteiger partial charge in [-0.25, -0.2) is 0 Å². The van der Waals surface area contributed by atoms with Crippen LogP contribution in [0, 0.1) is 0 Å². The summed E-state index contributed by atoms with van der Waals surface area (Å²) < 4.78 is 5.29. The quantitative estimate of drug-likeness (QED) is 0.663. The van der Waals surface area contributed by atoms with Gasteiger partial charge in [0.15, 0.2) is 0 Å². The van der Waals surface area contributed by atoms with Crippen molar-refractivity contribution in [3.8, 4) is 5.88 Å². The van der Waals surface area contributed by atoms with Gasteiger partial charge in [-0.2, -0.15) is 4.98 Å². The number of hydrogen-bond acceptors (Lipinski definition) is 5. The van der Waals surface area contributed by atoms with E-state index in [0.717, 1.165) is 0 Å². The van der Waals surface area contributed by atoms with E-state index < -0.39 is 5.54 Å². The molecule has 0 radical (unpaired) electrons. The first-order valence-electron chi connectivity index (χ1n) is 5.79. The minimum Gasteiger partial charge on any atom is -0.478 e. The van der Waals surface area contributed by atoms with Crippen LogP contribution in [0.2, 0.25) is 0 Å². The lowest BCUT2D eigenvalue weighted by Crippen LogP contribution is -2.45. The maximum atomic E-state index is 9.33. The molecule has 0 unspecified atom stereocenters. The highest BCUT2D eigenvalue weighted by atomic mass is 16.5. The molecule has 5 nitrogen and oxygen atoms in total. The average Bonchev–Trinajstić information content (AvgIpc) is 2.37. The van der Waals surface area contributed by atoms with Crippen LogP contribution >= 0.6 is 0 Å². The second kappa shape index (κ2) is 6.42. The first-order chi connectivity index (χ1) is 8.19. The molecule has 0 atom stereocenters. The summed E-state index contributed by atoms with van der Waals surface area (Å²) in [6.45, 7) is 4.03. The predicted molar refractivity (Wildman–Crippen MR) is 66.2 cm³/mol. The molecule has 17 heavy (non-hydrogen) atoms. The smallest absolute Gasteiger partial charge is 0.215 e. The summed E-state index contributed by atoms with van der Waals surface area (Å²) in [7, 11) is 0. The lowest BCUT2D eigenvalue weighted by Gasteiger charge is -2.30. The second-order valence-corrected chi connectivity index (χ2v) is 3.87. The number of rotatable bonds is 7. The van der Waals surface area contributed by atoms with E-state index in [-0.39, 0.29) is 13.2 Å². The first kappa shape index (κ1) is 13.7. The van der Waals surface area contributed by atoms with Crippen LogP contribution in [0.25, 0.3) is 0 Å². The van der Waals surface area contributed by atoms with Crippen molar-refractivity contribution in [2.24, 2.45) is 0 Å². The summed E-state index contributed by atoms with van der Waals surface area (Å²) in [5.74, 6) is 1.11. The number of ether oxygens (including phenoxy) is 1. The lowest BCUT2D eigenvalue weighted by molar-refractivity contribution is 0.132. The minimum absolute atomic E-state index is 0.152. The third-order valence-electron chi connectivity index (χ3n) is 2.69. The van der Waals surface area contributed by atoms with E-state index in [9.17, 15) is 10.2 Å². The Morgan fingerprint density at radius 3 is 2.53 bits per heavy atom. The molecule has 1 aromatic heterocycles. The fourth-order valence-electron chi connectivity index (χ4n) is 1.43. The van der Waals surface area contributed by atoms with E-state index in [2.05, 4.69) is 10.3 Å². The number of nitrogens with one attached hydrogen (secondary N) is 1. The van der Waals surface area contributed by atoms with Gasteiger partial charge in [-0.1, -0.05) is 13.0 Å². The summed E-state index contributed by atoms with van der Waals surface area (Å²) in [4.78, 5) is 4.24. The van der Waals surface area contributed by atoms with Gasteiger partial charge in [0.1, 0.15) is 5.82 Å². The molecule has 0 bridgehead atoms. The van der Waals surface area contributed by atoms with Gasteiger partial charge in [0.25, 0.3) is 0 Å². The maximum Gasteiger partial charge on any atom is 0.215 e. The van der Waals surface area contributed by atoms with Crippen molar-refractivity contribution in [1.82, 2.24) is 4.98 Å². The maximum absolute atomic E-state index is 9.33. The van der Waals surface area contributed by atoms with Crippen LogP contribution in [0.15, 0.2) is 18.2 Å². The van der Waals surface area contributed by atoms with Crippen LogP contribution in [0.3, 0.4) is 0 Å². The average molecular weight is 240 g/mol. The van der Waals surface area contributed by atoms with Gasteiger partial charge in [0.05, 0.1) is 25.4 Å². The van der Waals surface area contributed by atoms with Crippen LogP contribution in [0.5, 0.6) is 5.88 Å². The third-order valence-corrected chi connectivity index (χ3v) is 2.69. The molecule has 0 amide bonds. The van der Waals surface area contributed by atoms with E-state index in [0.29, 0.717) is 24.7 Å². The molecule has 1 rings (SSSR count). The fraction of sp³-hybridized carbons (Fsp3) is 0.583. The van der Waals surface area contributed by atoms with Crippen molar-refractivity contribution in [2.45, 2.75) is 25.8 Å². The first-order valence-corrected chi connectivity index (χ1v) is 5.79. The fourth-order valence-corrected chi connectivity index (χ4v) is 1.43. The van der Waals surface area contributed by atoms with Crippen LogP contribution in [0.1, 0.15) is 20.3 Å². The van der Waals surface area contributed by atoms with Crippen molar-refractivity contribution >= 4 is 5.82 Å². The molecule has 0 aliphatic heterocycles. The van der Waals surface area contributed by atoms with Gasteiger partial charge in [-0.15, -0.1) is 0 Å². The minimum atomic E-state index is -0.738. The summed E-state index contributed by atoms with van der Waals surface area (Å²) in [6, 6.07) is 5.36. The topological polar surface area (TPSA) is 74.6 Å². The highest BCUT2D eigenvalue weighted by molar-refractivity contribution is 5.40. The summed E-state index contributed by atoms with van der Waals surface area (Å²) in [6.07, 6.45) is 0.598. The Hall–Kier alpha value is -1.33. The molecular weight excluding hydrogens is 220 g/mol. The standard InChI is InChI=1S/C12H20N2O3/c1-3-12(8-15,9-16)14-10-6-5-7-11(13-10)17-4-2/h5-7,15-16H,3-4,8-9H2,1-2H3,(H,13,14). The molecule has 0 saturated carbocycles.